The van der Waals surface area contributed by atoms with Crippen molar-refractivity contribution in [2.75, 3.05) is 37.7 Å². The molecule has 2 heterocycles. The van der Waals surface area contributed by atoms with E-state index in [2.05, 4.69) is 30.6 Å². The van der Waals surface area contributed by atoms with E-state index < -0.39 is 9.84 Å². The monoisotopic (exact) mass is 355 g/mol. The van der Waals surface area contributed by atoms with Crippen molar-refractivity contribution in [1.29, 1.82) is 0 Å². The second-order valence-electron chi connectivity index (χ2n) is 7.84. The highest BCUT2D eigenvalue weighted by Crippen LogP contribution is 2.24. The minimum absolute atomic E-state index is 0.204. The van der Waals surface area contributed by atoms with E-state index in [1.54, 1.807) is 0 Å². The number of piperidine rings is 1. The topological polar surface area (TPSA) is 61.8 Å². The normalized spacial score (nSPS) is 27.5. The van der Waals surface area contributed by atoms with Gasteiger partial charge in [0.15, 0.2) is 15.8 Å². The molecule has 2 aliphatic heterocycles. The van der Waals surface area contributed by atoms with Gasteiger partial charge in [0.25, 0.3) is 0 Å². The van der Waals surface area contributed by atoms with E-state index in [0.717, 1.165) is 31.0 Å². The summed E-state index contributed by atoms with van der Waals surface area (Å²) >= 11 is 0. The van der Waals surface area contributed by atoms with Gasteiger partial charge in [0.2, 0.25) is 0 Å². The Morgan fingerprint density at radius 1 is 1.38 bits per heavy atom. The molecule has 0 aliphatic carbocycles. The molecule has 0 radical (unpaired) electrons. The molecule has 0 aromatic rings. The summed E-state index contributed by atoms with van der Waals surface area (Å²) in [5.74, 6) is 3.14. The van der Waals surface area contributed by atoms with Gasteiger partial charge >= 0.3 is 0 Å². The van der Waals surface area contributed by atoms with Crippen LogP contribution >= 0.6 is 0 Å². The zero-order valence-corrected chi connectivity index (χ0v) is 16.2. The van der Waals surface area contributed by atoms with Gasteiger partial charge in [-0.2, -0.15) is 0 Å². The highest BCUT2D eigenvalue weighted by molar-refractivity contribution is 7.91. The minimum atomic E-state index is -2.82. The molecule has 2 aliphatic rings. The van der Waals surface area contributed by atoms with Crippen LogP contribution in [-0.2, 0) is 9.84 Å². The highest BCUT2D eigenvalue weighted by Gasteiger charge is 2.29. The second kappa shape index (κ2) is 8.37. The Kier molecular flexibility index (Phi) is 6.72. The molecule has 0 aromatic heterocycles. The van der Waals surface area contributed by atoms with Crippen LogP contribution in [0.3, 0.4) is 0 Å². The van der Waals surface area contributed by atoms with Crippen molar-refractivity contribution in [2.24, 2.45) is 22.7 Å². The van der Waals surface area contributed by atoms with Crippen molar-refractivity contribution in [3.63, 3.8) is 0 Å². The second-order valence-corrected chi connectivity index (χ2v) is 10.1. The predicted molar refractivity (Wildman–Crippen MR) is 101 cm³/mol. The molecule has 2 unspecified atom stereocenters. The molecule has 2 rings (SSSR count). The van der Waals surface area contributed by atoms with E-state index >= 15 is 0 Å². The van der Waals surface area contributed by atoms with Crippen molar-refractivity contribution in [3.05, 3.63) is 12.2 Å². The van der Waals surface area contributed by atoms with Crippen LogP contribution < -0.4 is 5.32 Å². The van der Waals surface area contributed by atoms with Gasteiger partial charge in [-0.25, -0.2) is 13.4 Å². The molecular formula is C18H33N3O2S. The number of nitrogens with one attached hydrogen (secondary N) is 1. The van der Waals surface area contributed by atoms with Gasteiger partial charge < -0.3 is 10.2 Å². The zero-order chi connectivity index (χ0) is 17.7. The van der Waals surface area contributed by atoms with Gasteiger partial charge in [-0.3, -0.25) is 0 Å². The molecule has 0 saturated carbocycles. The van der Waals surface area contributed by atoms with Crippen LogP contribution in [0, 0.1) is 17.8 Å². The lowest BCUT2D eigenvalue weighted by Gasteiger charge is -2.37. The Hall–Kier alpha value is -1.04. The van der Waals surface area contributed by atoms with Gasteiger partial charge in [0.05, 0.1) is 18.1 Å². The lowest BCUT2D eigenvalue weighted by Crippen LogP contribution is -2.48. The van der Waals surface area contributed by atoms with Crippen LogP contribution in [0.2, 0.25) is 0 Å². The minimum Gasteiger partial charge on any atom is -0.356 e. The molecule has 138 valence electrons. The van der Waals surface area contributed by atoms with E-state index in [-0.39, 0.29) is 5.92 Å². The number of nitrogens with zero attached hydrogens (tertiary/aromatic N) is 2. The third kappa shape index (κ3) is 5.80. The summed E-state index contributed by atoms with van der Waals surface area (Å²) in [5.41, 5.74) is 1.04. The van der Waals surface area contributed by atoms with Gasteiger partial charge in [-0.1, -0.05) is 26.0 Å². The first-order valence-electron chi connectivity index (χ1n) is 9.15. The average Bonchev–Trinajstić information content (AvgIpc) is 2.86. The fourth-order valence-electron chi connectivity index (χ4n) is 3.49. The van der Waals surface area contributed by atoms with Crippen LogP contribution in [0.1, 0.15) is 40.0 Å². The fraction of sp³-hybridized carbons (Fsp3) is 0.833. The molecule has 5 nitrogen and oxygen atoms in total. The van der Waals surface area contributed by atoms with Crippen LogP contribution in [0.25, 0.3) is 0 Å². The first-order valence-corrected chi connectivity index (χ1v) is 11.0. The number of rotatable bonds is 5. The molecule has 2 saturated heterocycles. The highest BCUT2D eigenvalue weighted by atomic mass is 32.2. The van der Waals surface area contributed by atoms with Crippen LogP contribution in [-0.4, -0.2) is 57.0 Å². The van der Waals surface area contributed by atoms with Gasteiger partial charge in [-0.15, -0.1) is 0 Å². The Bertz CT molecular complexity index is 569. The Labute approximate surface area is 147 Å². The number of likely N-dealkylation sites (tertiary alicyclic amines) is 1. The van der Waals surface area contributed by atoms with E-state index in [9.17, 15) is 8.42 Å². The van der Waals surface area contributed by atoms with Gasteiger partial charge in [0.1, 0.15) is 0 Å². The molecule has 24 heavy (non-hydrogen) atoms. The predicted octanol–water partition coefficient (Wildman–Crippen LogP) is 2.31. The fourth-order valence-corrected chi connectivity index (χ4v) is 5.35. The van der Waals surface area contributed by atoms with E-state index in [1.807, 2.05) is 6.92 Å². The zero-order valence-electron chi connectivity index (χ0n) is 15.4. The maximum Gasteiger partial charge on any atom is 0.194 e. The average molecular weight is 356 g/mol. The third-order valence-electron chi connectivity index (χ3n) is 5.07. The molecular weight excluding hydrogens is 322 g/mol. The molecule has 0 bridgehead atoms. The number of hydrogen-bond acceptors (Lipinski definition) is 3. The van der Waals surface area contributed by atoms with E-state index in [4.69, 9.17) is 4.99 Å². The summed E-state index contributed by atoms with van der Waals surface area (Å²) in [5, 5.41) is 3.45. The standard InChI is InChI=1S/C18H33N3O2S/c1-14(2)10-19-18(20-11-16-7-9-24(22,23)13-16)21-8-5-6-17(12-21)15(3)4/h15-17H,1,5-13H2,2-4H3,(H,19,20). The summed E-state index contributed by atoms with van der Waals surface area (Å²) in [4.78, 5) is 7.07. The molecule has 2 fully saturated rings. The van der Waals surface area contributed by atoms with Gasteiger partial charge in [-0.05, 0) is 43.9 Å². The molecule has 2 atom stereocenters. The van der Waals surface area contributed by atoms with E-state index in [1.165, 1.54) is 12.8 Å². The maximum atomic E-state index is 11.6. The summed E-state index contributed by atoms with van der Waals surface area (Å²) < 4.78 is 23.3. The molecule has 6 heteroatoms. The van der Waals surface area contributed by atoms with Crippen LogP contribution in [0.4, 0.5) is 0 Å². The summed E-state index contributed by atoms with van der Waals surface area (Å²) in [6.45, 7) is 13.9. The number of aliphatic imine (C=N–C) groups is 1. The quantitative estimate of drug-likeness (QED) is 0.467. The smallest absolute Gasteiger partial charge is 0.194 e. The van der Waals surface area contributed by atoms with E-state index in [0.29, 0.717) is 36.4 Å². The number of guanidine groups is 1. The van der Waals surface area contributed by atoms with Crippen LogP contribution in [0.5, 0.6) is 0 Å². The third-order valence-corrected chi connectivity index (χ3v) is 6.91. The number of sulfone groups is 1. The number of hydrogen-bond donors (Lipinski definition) is 1. The summed E-state index contributed by atoms with van der Waals surface area (Å²) in [6, 6.07) is 0. The largest absolute Gasteiger partial charge is 0.356 e. The Balaban J connectivity index is 1.99. The van der Waals surface area contributed by atoms with Crippen LogP contribution in [0.15, 0.2) is 17.1 Å². The molecule has 0 aromatic carbocycles. The summed E-state index contributed by atoms with van der Waals surface area (Å²) in [7, 11) is -2.82. The lowest BCUT2D eigenvalue weighted by molar-refractivity contribution is 0.206. The Morgan fingerprint density at radius 3 is 2.71 bits per heavy atom. The molecule has 0 spiro atoms. The first kappa shape index (κ1) is 19.3. The SMILES string of the molecule is C=C(C)CN=C(NCC1CCS(=O)(=O)C1)N1CCCC(C(C)C)C1. The Morgan fingerprint density at radius 2 is 2.12 bits per heavy atom. The van der Waals surface area contributed by atoms with Gasteiger partial charge in [0, 0.05) is 19.6 Å². The van der Waals surface area contributed by atoms with Crippen molar-refractivity contribution >= 4 is 15.8 Å². The van der Waals surface area contributed by atoms with Crippen molar-refractivity contribution in [1.82, 2.24) is 10.2 Å². The van der Waals surface area contributed by atoms with Crippen molar-refractivity contribution in [2.45, 2.75) is 40.0 Å². The molecule has 0 amide bonds. The summed E-state index contributed by atoms with van der Waals surface area (Å²) in [6.07, 6.45) is 3.23. The lowest BCUT2D eigenvalue weighted by atomic mass is 9.88. The van der Waals surface area contributed by atoms with Crippen molar-refractivity contribution in [3.8, 4) is 0 Å². The van der Waals surface area contributed by atoms with Crippen molar-refractivity contribution < 1.29 is 8.42 Å². The first-order chi connectivity index (χ1) is 11.3. The molecule has 1 N–H and O–H groups in total. The maximum absolute atomic E-state index is 11.6.